The van der Waals surface area contributed by atoms with E-state index in [2.05, 4.69) is 25.6 Å². The zero-order valence-corrected chi connectivity index (χ0v) is 18.5. The number of pyridine rings is 2. The summed E-state index contributed by atoms with van der Waals surface area (Å²) in [6, 6.07) is 11.8. The topological polar surface area (TPSA) is 105 Å². The van der Waals surface area contributed by atoms with Crippen LogP contribution in [0.3, 0.4) is 0 Å². The molecule has 0 saturated heterocycles. The Labute approximate surface area is 195 Å². The minimum atomic E-state index is -0.313. The number of halogens is 1. The lowest BCUT2D eigenvalue weighted by atomic mass is 10.2. The van der Waals surface area contributed by atoms with Crippen molar-refractivity contribution in [3.8, 4) is 0 Å². The number of anilines is 3. The molecule has 0 atom stereocenters. The normalized spacial score (nSPS) is 13.9. The molecule has 1 aliphatic carbocycles. The van der Waals surface area contributed by atoms with Crippen molar-refractivity contribution in [1.29, 1.82) is 0 Å². The number of rotatable bonds is 7. The molecule has 0 amide bonds. The van der Waals surface area contributed by atoms with Gasteiger partial charge in [0.25, 0.3) is 5.56 Å². The molecule has 174 valence electrons. The number of aliphatic hydroxyl groups excluding tert-OH is 1. The van der Waals surface area contributed by atoms with Crippen LogP contribution in [0.5, 0.6) is 0 Å². The molecule has 0 radical (unpaired) electrons. The molecule has 0 spiro atoms. The third-order valence-corrected chi connectivity index (χ3v) is 6.12. The molecule has 9 heteroatoms. The average Bonchev–Trinajstić information content (AvgIpc) is 3.39. The van der Waals surface area contributed by atoms with Gasteiger partial charge in [-0.1, -0.05) is 25.0 Å². The van der Waals surface area contributed by atoms with Gasteiger partial charge in [0.05, 0.1) is 18.5 Å². The van der Waals surface area contributed by atoms with Gasteiger partial charge in [0.2, 0.25) is 5.95 Å². The highest BCUT2D eigenvalue weighted by Gasteiger charge is 2.22. The van der Waals surface area contributed by atoms with E-state index >= 15 is 0 Å². The van der Waals surface area contributed by atoms with Gasteiger partial charge in [0.1, 0.15) is 17.3 Å². The fourth-order valence-electron chi connectivity index (χ4n) is 4.35. The molecule has 1 aliphatic rings. The van der Waals surface area contributed by atoms with Crippen LogP contribution in [0.15, 0.2) is 59.7 Å². The molecule has 3 N–H and O–H groups in total. The van der Waals surface area contributed by atoms with Crippen molar-refractivity contribution in [2.75, 3.05) is 10.6 Å². The summed E-state index contributed by atoms with van der Waals surface area (Å²) in [4.78, 5) is 26.4. The summed E-state index contributed by atoms with van der Waals surface area (Å²) in [6.45, 7) is 0.240. The molecular formula is C25H25FN6O2. The maximum atomic E-state index is 13.0. The summed E-state index contributed by atoms with van der Waals surface area (Å²) in [5.41, 5.74) is 2.51. The van der Waals surface area contributed by atoms with Crippen molar-refractivity contribution in [3.05, 3.63) is 82.2 Å². The summed E-state index contributed by atoms with van der Waals surface area (Å²) >= 11 is 0. The van der Waals surface area contributed by atoms with Gasteiger partial charge in [-0.3, -0.25) is 9.36 Å². The maximum Gasteiger partial charge on any atom is 0.258 e. The minimum absolute atomic E-state index is 0.0776. The third kappa shape index (κ3) is 4.60. The average molecular weight is 461 g/mol. The SMILES string of the molecule is O=c1c(CO)cc2cnc(Nc3ccc(NCc4ccc(F)cc4)cn3)nc2n1C1CCCC1. The Bertz CT molecular complexity index is 1350. The van der Waals surface area contributed by atoms with Crippen LogP contribution >= 0.6 is 0 Å². The van der Waals surface area contributed by atoms with Gasteiger partial charge in [0.15, 0.2) is 0 Å². The van der Waals surface area contributed by atoms with Crippen LogP contribution in [0, 0.1) is 5.82 Å². The molecule has 34 heavy (non-hydrogen) atoms. The first-order valence-corrected chi connectivity index (χ1v) is 11.3. The Hall–Kier alpha value is -3.85. The van der Waals surface area contributed by atoms with E-state index in [1.54, 1.807) is 41.2 Å². The molecular weight excluding hydrogens is 435 g/mol. The largest absolute Gasteiger partial charge is 0.391 e. The van der Waals surface area contributed by atoms with Crippen LogP contribution in [0.1, 0.15) is 42.9 Å². The smallest absolute Gasteiger partial charge is 0.258 e. The van der Waals surface area contributed by atoms with E-state index in [-0.39, 0.29) is 24.0 Å². The second-order valence-corrected chi connectivity index (χ2v) is 8.45. The summed E-state index contributed by atoms with van der Waals surface area (Å²) in [5.74, 6) is 0.647. The lowest BCUT2D eigenvalue weighted by Crippen LogP contribution is -2.27. The number of nitrogens with zero attached hydrogens (tertiary/aromatic N) is 4. The van der Waals surface area contributed by atoms with Crippen molar-refractivity contribution >= 4 is 28.5 Å². The molecule has 5 rings (SSSR count). The molecule has 0 bridgehead atoms. The van der Waals surface area contributed by atoms with Crippen molar-refractivity contribution < 1.29 is 9.50 Å². The van der Waals surface area contributed by atoms with Crippen molar-refractivity contribution in [3.63, 3.8) is 0 Å². The van der Waals surface area contributed by atoms with E-state index in [0.717, 1.165) is 42.3 Å². The highest BCUT2D eigenvalue weighted by Crippen LogP contribution is 2.31. The molecule has 4 aromatic rings. The van der Waals surface area contributed by atoms with E-state index in [0.29, 0.717) is 29.5 Å². The van der Waals surface area contributed by atoms with Gasteiger partial charge in [-0.05, 0) is 48.7 Å². The number of benzene rings is 1. The van der Waals surface area contributed by atoms with Gasteiger partial charge in [-0.2, -0.15) is 4.98 Å². The molecule has 3 heterocycles. The van der Waals surface area contributed by atoms with Gasteiger partial charge in [-0.15, -0.1) is 0 Å². The lowest BCUT2D eigenvalue weighted by molar-refractivity contribution is 0.279. The molecule has 3 aromatic heterocycles. The summed E-state index contributed by atoms with van der Waals surface area (Å²) in [7, 11) is 0. The van der Waals surface area contributed by atoms with E-state index < -0.39 is 0 Å². The Balaban J connectivity index is 1.35. The number of fused-ring (bicyclic) bond motifs is 1. The van der Waals surface area contributed by atoms with Gasteiger partial charge < -0.3 is 15.7 Å². The van der Waals surface area contributed by atoms with Gasteiger partial charge >= 0.3 is 0 Å². The Morgan fingerprint density at radius 1 is 1.06 bits per heavy atom. The Morgan fingerprint density at radius 2 is 1.85 bits per heavy atom. The standard InChI is InChI=1S/C25H25FN6O2/c26-19-7-5-16(6-8-19)12-27-20-9-10-22(28-14-20)30-25-29-13-17-11-18(15-33)24(34)32(23(17)31-25)21-3-1-2-4-21/h5-11,13-14,21,27,33H,1-4,12,15H2,(H,28,29,30,31). The molecule has 1 saturated carbocycles. The van der Waals surface area contributed by atoms with E-state index in [4.69, 9.17) is 0 Å². The predicted octanol–water partition coefficient (Wildman–Crippen LogP) is 4.29. The van der Waals surface area contributed by atoms with E-state index in [9.17, 15) is 14.3 Å². The third-order valence-electron chi connectivity index (χ3n) is 6.12. The fraction of sp³-hybridized carbons (Fsp3) is 0.280. The zero-order valence-electron chi connectivity index (χ0n) is 18.5. The highest BCUT2D eigenvalue weighted by atomic mass is 19.1. The number of aromatic nitrogens is 4. The number of hydrogen-bond acceptors (Lipinski definition) is 7. The van der Waals surface area contributed by atoms with Crippen molar-refractivity contribution in [2.45, 2.75) is 44.9 Å². The van der Waals surface area contributed by atoms with E-state index in [1.807, 2.05) is 6.07 Å². The first-order chi connectivity index (χ1) is 16.6. The zero-order chi connectivity index (χ0) is 23.5. The molecule has 8 nitrogen and oxygen atoms in total. The van der Waals surface area contributed by atoms with Gasteiger partial charge in [-0.25, -0.2) is 14.4 Å². The number of hydrogen-bond donors (Lipinski definition) is 3. The summed E-state index contributed by atoms with van der Waals surface area (Å²) in [6.07, 6.45) is 7.34. The maximum absolute atomic E-state index is 13.0. The molecule has 1 aromatic carbocycles. The number of nitrogens with one attached hydrogen (secondary N) is 2. The molecule has 1 fully saturated rings. The minimum Gasteiger partial charge on any atom is -0.391 e. The summed E-state index contributed by atoms with van der Waals surface area (Å²) < 4.78 is 14.8. The van der Waals surface area contributed by atoms with E-state index in [1.165, 1.54) is 12.1 Å². The Kier molecular flexibility index (Phi) is 6.18. The lowest BCUT2D eigenvalue weighted by Gasteiger charge is -2.17. The van der Waals surface area contributed by atoms with Gasteiger partial charge in [0, 0.05) is 29.7 Å². The van der Waals surface area contributed by atoms with Crippen LogP contribution in [0.4, 0.5) is 21.8 Å². The monoisotopic (exact) mass is 460 g/mol. The van der Waals surface area contributed by atoms with Crippen LogP contribution in [-0.2, 0) is 13.2 Å². The first kappa shape index (κ1) is 22.0. The fourth-order valence-corrected chi connectivity index (χ4v) is 4.35. The first-order valence-electron chi connectivity index (χ1n) is 11.3. The van der Waals surface area contributed by atoms with Crippen molar-refractivity contribution in [1.82, 2.24) is 19.5 Å². The summed E-state index contributed by atoms with van der Waals surface area (Å²) in [5, 5.41) is 16.7. The molecule has 0 unspecified atom stereocenters. The Morgan fingerprint density at radius 3 is 2.56 bits per heavy atom. The van der Waals surface area contributed by atoms with Crippen molar-refractivity contribution in [2.24, 2.45) is 0 Å². The number of aliphatic hydroxyl groups is 1. The van der Waals surface area contributed by atoms with Crippen LogP contribution < -0.4 is 16.2 Å². The second kappa shape index (κ2) is 9.56. The highest BCUT2D eigenvalue weighted by molar-refractivity contribution is 5.76. The van der Waals surface area contributed by atoms with Crippen LogP contribution in [0.2, 0.25) is 0 Å². The quantitative estimate of drug-likeness (QED) is 0.378. The second-order valence-electron chi connectivity index (χ2n) is 8.45. The predicted molar refractivity (Wildman–Crippen MR) is 128 cm³/mol. The van der Waals surface area contributed by atoms with Crippen LogP contribution in [0.25, 0.3) is 11.0 Å². The molecule has 0 aliphatic heterocycles. The van der Waals surface area contributed by atoms with Crippen LogP contribution in [-0.4, -0.2) is 24.6 Å².